The fraction of sp³-hybridized carbons (Fsp3) is 0.538. The van der Waals surface area contributed by atoms with Crippen molar-refractivity contribution in [1.82, 2.24) is 0 Å². The molecule has 17 heavy (non-hydrogen) atoms. The summed E-state index contributed by atoms with van der Waals surface area (Å²) in [6, 6.07) is 8.22. The third-order valence-electron chi connectivity index (χ3n) is 3.31. The Kier molecular flexibility index (Phi) is 4.07. The Labute approximate surface area is 111 Å². The molecular formula is C13H19BrN2O. The summed E-state index contributed by atoms with van der Waals surface area (Å²) in [4.78, 5) is 0. The zero-order chi connectivity index (χ0) is 12.3. The van der Waals surface area contributed by atoms with Crippen molar-refractivity contribution < 1.29 is 4.74 Å². The predicted octanol–water partition coefficient (Wildman–Crippen LogP) is 2.76. The Bertz CT molecular complexity index is 368. The van der Waals surface area contributed by atoms with Gasteiger partial charge in [0.15, 0.2) is 0 Å². The van der Waals surface area contributed by atoms with Crippen molar-refractivity contribution in [3.63, 3.8) is 0 Å². The first kappa shape index (κ1) is 12.9. The van der Waals surface area contributed by atoms with E-state index in [9.17, 15) is 0 Å². The molecular weight excluding hydrogens is 280 g/mol. The van der Waals surface area contributed by atoms with E-state index in [2.05, 4.69) is 40.3 Å². The fourth-order valence-corrected chi connectivity index (χ4v) is 2.62. The zero-order valence-corrected chi connectivity index (χ0v) is 11.7. The van der Waals surface area contributed by atoms with Crippen LogP contribution in [0.5, 0.6) is 0 Å². The van der Waals surface area contributed by atoms with Gasteiger partial charge in [-0.15, -0.1) is 0 Å². The second-order valence-corrected chi connectivity index (χ2v) is 5.67. The molecule has 0 aliphatic carbocycles. The molecule has 1 aliphatic heterocycles. The molecule has 3 nitrogen and oxygen atoms in total. The topological polar surface area (TPSA) is 47.3 Å². The van der Waals surface area contributed by atoms with Crippen LogP contribution in [0.2, 0.25) is 0 Å². The van der Waals surface area contributed by atoms with Gasteiger partial charge in [-0.2, -0.15) is 0 Å². The van der Waals surface area contributed by atoms with E-state index < -0.39 is 0 Å². The molecule has 2 unspecified atom stereocenters. The van der Waals surface area contributed by atoms with E-state index >= 15 is 0 Å². The first-order chi connectivity index (χ1) is 8.13. The van der Waals surface area contributed by atoms with Crippen LogP contribution in [0.25, 0.3) is 0 Å². The third-order valence-corrected chi connectivity index (χ3v) is 3.83. The highest BCUT2D eigenvalue weighted by molar-refractivity contribution is 9.10. The van der Waals surface area contributed by atoms with Gasteiger partial charge in [-0.25, -0.2) is 0 Å². The Hall–Kier alpha value is -0.580. The molecule has 2 rings (SSSR count). The van der Waals surface area contributed by atoms with Crippen LogP contribution in [0.3, 0.4) is 0 Å². The SMILES string of the molecule is CC1CC(CN)(Nc2ccc(Br)cc2)CCO1. The maximum atomic E-state index is 5.95. The molecule has 1 heterocycles. The minimum absolute atomic E-state index is 0.0223. The van der Waals surface area contributed by atoms with E-state index in [1.165, 1.54) is 0 Å². The number of ether oxygens (including phenoxy) is 1. The lowest BCUT2D eigenvalue weighted by Gasteiger charge is -2.40. The van der Waals surface area contributed by atoms with E-state index in [0.717, 1.165) is 29.6 Å². The predicted molar refractivity (Wildman–Crippen MR) is 74.2 cm³/mol. The van der Waals surface area contributed by atoms with Crippen LogP contribution in [0.1, 0.15) is 19.8 Å². The van der Waals surface area contributed by atoms with E-state index in [1.54, 1.807) is 0 Å². The molecule has 0 saturated carbocycles. The van der Waals surface area contributed by atoms with Crippen molar-refractivity contribution in [3.8, 4) is 0 Å². The molecule has 2 atom stereocenters. The smallest absolute Gasteiger partial charge is 0.0569 e. The van der Waals surface area contributed by atoms with Crippen LogP contribution in [-0.2, 0) is 4.74 Å². The number of anilines is 1. The molecule has 1 fully saturated rings. The minimum atomic E-state index is -0.0223. The fourth-order valence-electron chi connectivity index (χ4n) is 2.36. The molecule has 1 aromatic rings. The Morgan fingerprint density at radius 1 is 1.47 bits per heavy atom. The quantitative estimate of drug-likeness (QED) is 0.902. The lowest BCUT2D eigenvalue weighted by atomic mass is 9.86. The number of nitrogens with two attached hydrogens (primary N) is 1. The average Bonchev–Trinajstić information content (AvgIpc) is 2.32. The van der Waals surface area contributed by atoms with Gasteiger partial charge in [0, 0.05) is 23.3 Å². The van der Waals surface area contributed by atoms with Crippen molar-refractivity contribution in [2.45, 2.75) is 31.4 Å². The van der Waals surface area contributed by atoms with E-state index in [0.29, 0.717) is 6.54 Å². The summed E-state index contributed by atoms with van der Waals surface area (Å²) in [5, 5.41) is 3.58. The summed E-state index contributed by atoms with van der Waals surface area (Å²) >= 11 is 3.44. The molecule has 0 aromatic heterocycles. The molecule has 3 N–H and O–H groups in total. The summed E-state index contributed by atoms with van der Waals surface area (Å²) in [6.45, 7) is 3.52. The second kappa shape index (κ2) is 5.38. The molecule has 1 aromatic carbocycles. The molecule has 0 amide bonds. The summed E-state index contributed by atoms with van der Waals surface area (Å²) in [5.74, 6) is 0. The van der Waals surface area contributed by atoms with Gasteiger partial charge in [-0.3, -0.25) is 0 Å². The number of nitrogens with one attached hydrogen (secondary N) is 1. The molecule has 0 spiro atoms. The summed E-state index contributed by atoms with van der Waals surface area (Å²) in [5.41, 5.74) is 7.05. The Morgan fingerprint density at radius 2 is 2.18 bits per heavy atom. The van der Waals surface area contributed by atoms with Crippen molar-refractivity contribution in [2.75, 3.05) is 18.5 Å². The second-order valence-electron chi connectivity index (χ2n) is 4.75. The first-order valence-electron chi connectivity index (χ1n) is 5.99. The van der Waals surface area contributed by atoms with Crippen LogP contribution in [0.15, 0.2) is 28.7 Å². The lowest BCUT2D eigenvalue weighted by molar-refractivity contribution is 0.000265. The van der Waals surface area contributed by atoms with Gasteiger partial charge >= 0.3 is 0 Å². The number of halogens is 1. The highest BCUT2D eigenvalue weighted by Gasteiger charge is 2.34. The van der Waals surface area contributed by atoms with E-state index in [-0.39, 0.29) is 11.6 Å². The number of hydrogen-bond donors (Lipinski definition) is 2. The van der Waals surface area contributed by atoms with Gasteiger partial charge in [0.2, 0.25) is 0 Å². The van der Waals surface area contributed by atoms with Crippen molar-refractivity contribution >= 4 is 21.6 Å². The average molecular weight is 299 g/mol. The Balaban J connectivity index is 2.10. The van der Waals surface area contributed by atoms with Gasteiger partial charge < -0.3 is 15.8 Å². The number of rotatable bonds is 3. The van der Waals surface area contributed by atoms with Gasteiger partial charge in [-0.05, 0) is 44.0 Å². The summed E-state index contributed by atoms with van der Waals surface area (Å²) in [6.07, 6.45) is 2.19. The maximum Gasteiger partial charge on any atom is 0.0569 e. The standard InChI is InChI=1S/C13H19BrN2O/c1-10-8-13(9-15,6-7-17-10)16-12-4-2-11(14)3-5-12/h2-5,10,16H,6-9,15H2,1H3. The van der Waals surface area contributed by atoms with Gasteiger partial charge in [0.25, 0.3) is 0 Å². The normalized spacial score (nSPS) is 29.0. The van der Waals surface area contributed by atoms with Crippen LogP contribution >= 0.6 is 15.9 Å². The maximum absolute atomic E-state index is 5.95. The zero-order valence-electron chi connectivity index (χ0n) is 10.1. The molecule has 94 valence electrons. The minimum Gasteiger partial charge on any atom is -0.378 e. The number of hydrogen-bond acceptors (Lipinski definition) is 3. The van der Waals surface area contributed by atoms with Crippen LogP contribution in [-0.4, -0.2) is 24.8 Å². The van der Waals surface area contributed by atoms with Gasteiger partial charge in [0.1, 0.15) is 0 Å². The first-order valence-corrected chi connectivity index (χ1v) is 6.78. The van der Waals surface area contributed by atoms with Gasteiger partial charge in [-0.1, -0.05) is 15.9 Å². The summed E-state index contributed by atoms with van der Waals surface area (Å²) < 4.78 is 6.68. The molecule has 4 heteroatoms. The molecule has 1 aliphatic rings. The molecule has 1 saturated heterocycles. The van der Waals surface area contributed by atoms with Crippen LogP contribution in [0.4, 0.5) is 5.69 Å². The van der Waals surface area contributed by atoms with Crippen molar-refractivity contribution in [3.05, 3.63) is 28.7 Å². The molecule has 0 radical (unpaired) electrons. The van der Waals surface area contributed by atoms with E-state index in [1.807, 2.05) is 12.1 Å². The van der Waals surface area contributed by atoms with Crippen molar-refractivity contribution in [1.29, 1.82) is 0 Å². The number of benzene rings is 1. The van der Waals surface area contributed by atoms with E-state index in [4.69, 9.17) is 10.5 Å². The van der Waals surface area contributed by atoms with Gasteiger partial charge in [0.05, 0.1) is 11.6 Å². The largest absolute Gasteiger partial charge is 0.378 e. The highest BCUT2D eigenvalue weighted by atomic mass is 79.9. The van der Waals surface area contributed by atoms with Crippen LogP contribution < -0.4 is 11.1 Å². The molecule has 0 bridgehead atoms. The Morgan fingerprint density at radius 3 is 2.76 bits per heavy atom. The monoisotopic (exact) mass is 298 g/mol. The van der Waals surface area contributed by atoms with Crippen molar-refractivity contribution in [2.24, 2.45) is 5.73 Å². The van der Waals surface area contributed by atoms with Crippen LogP contribution in [0, 0.1) is 0 Å². The third kappa shape index (κ3) is 3.21. The highest BCUT2D eigenvalue weighted by Crippen LogP contribution is 2.28. The lowest BCUT2D eigenvalue weighted by Crippen LogP contribution is -2.51. The summed E-state index contributed by atoms with van der Waals surface area (Å²) in [7, 11) is 0.